The molecule has 3 heteroatoms. The molecule has 1 fully saturated rings. The van der Waals surface area contributed by atoms with Crippen molar-refractivity contribution in [1.82, 2.24) is 4.90 Å². The maximum Gasteiger partial charge on any atom is 0.119 e. The van der Waals surface area contributed by atoms with E-state index in [0.717, 1.165) is 30.2 Å². The minimum atomic E-state index is 0.772. The molecule has 0 N–H and O–H groups in total. The Morgan fingerprint density at radius 3 is 2.78 bits per heavy atom. The van der Waals surface area contributed by atoms with Crippen LogP contribution in [0.5, 0.6) is 5.75 Å². The van der Waals surface area contributed by atoms with Gasteiger partial charge in [0, 0.05) is 24.5 Å². The second-order valence-electron chi connectivity index (χ2n) is 4.95. The zero-order valence-corrected chi connectivity index (χ0v) is 12.7. The molecule has 18 heavy (non-hydrogen) atoms. The van der Waals surface area contributed by atoms with Gasteiger partial charge in [-0.1, -0.05) is 40.9 Å². The maximum atomic E-state index is 5.29. The average Bonchev–Trinajstić information content (AvgIpc) is 2.92. The Morgan fingerprint density at radius 1 is 1.33 bits per heavy atom. The second kappa shape index (κ2) is 7.15. The normalized spacial score (nSPS) is 16.4. The third-order valence-electron chi connectivity index (χ3n) is 3.73. The van der Waals surface area contributed by atoms with Crippen LogP contribution >= 0.6 is 15.9 Å². The van der Waals surface area contributed by atoms with Crippen LogP contribution in [0.4, 0.5) is 0 Å². The first-order valence-corrected chi connectivity index (χ1v) is 7.88. The Bertz CT molecular complexity index is 363. The van der Waals surface area contributed by atoms with E-state index in [4.69, 9.17) is 4.74 Å². The molecule has 0 atom stereocenters. The first-order valence-electron chi connectivity index (χ1n) is 6.76. The highest BCUT2D eigenvalue weighted by atomic mass is 79.9. The van der Waals surface area contributed by atoms with Crippen molar-refractivity contribution >= 4 is 15.9 Å². The van der Waals surface area contributed by atoms with Crippen LogP contribution in [-0.4, -0.2) is 29.9 Å². The number of benzene rings is 1. The summed E-state index contributed by atoms with van der Waals surface area (Å²) in [7, 11) is 1.73. The van der Waals surface area contributed by atoms with Crippen molar-refractivity contribution in [1.29, 1.82) is 0 Å². The van der Waals surface area contributed by atoms with Crippen molar-refractivity contribution in [3.05, 3.63) is 29.8 Å². The summed E-state index contributed by atoms with van der Waals surface area (Å²) in [6.07, 6.45) is 5.50. The SMILES string of the molecule is COc1cccc(CN(CCBr)C2CCCC2)c1. The fourth-order valence-corrected chi connectivity index (χ4v) is 3.23. The fourth-order valence-electron chi connectivity index (χ4n) is 2.77. The van der Waals surface area contributed by atoms with Gasteiger partial charge in [-0.2, -0.15) is 0 Å². The summed E-state index contributed by atoms with van der Waals surface area (Å²) in [5, 5.41) is 1.05. The van der Waals surface area contributed by atoms with Crippen LogP contribution in [0.2, 0.25) is 0 Å². The monoisotopic (exact) mass is 311 g/mol. The summed E-state index contributed by atoms with van der Waals surface area (Å²) < 4.78 is 5.29. The van der Waals surface area contributed by atoms with Gasteiger partial charge >= 0.3 is 0 Å². The summed E-state index contributed by atoms with van der Waals surface area (Å²) in [4.78, 5) is 2.61. The number of hydrogen-bond acceptors (Lipinski definition) is 2. The van der Waals surface area contributed by atoms with Gasteiger partial charge in [-0.3, -0.25) is 4.90 Å². The largest absolute Gasteiger partial charge is 0.497 e. The molecule has 1 aromatic rings. The number of ether oxygens (including phenoxy) is 1. The van der Waals surface area contributed by atoms with E-state index in [-0.39, 0.29) is 0 Å². The summed E-state index contributed by atoms with van der Waals surface area (Å²) in [6, 6.07) is 9.20. The molecule has 2 rings (SSSR count). The van der Waals surface area contributed by atoms with Gasteiger partial charge in [-0.15, -0.1) is 0 Å². The molecule has 1 aliphatic rings. The van der Waals surface area contributed by atoms with Gasteiger partial charge in [-0.25, -0.2) is 0 Å². The highest BCUT2D eigenvalue weighted by Gasteiger charge is 2.22. The molecule has 100 valence electrons. The average molecular weight is 312 g/mol. The molecule has 1 aliphatic carbocycles. The number of rotatable bonds is 6. The van der Waals surface area contributed by atoms with E-state index >= 15 is 0 Å². The highest BCUT2D eigenvalue weighted by molar-refractivity contribution is 9.09. The van der Waals surface area contributed by atoms with Crippen LogP contribution in [0.1, 0.15) is 31.2 Å². The molecule has 1 aromatic carbocycles. The van der Waals surface area contributed by atoms with Gasteiger partial charge in [0.05, 0.1) is 7.11 Å². The molecule has 2 nitrogen and oxygen atoms in total. The van der Waals surface area contributed by atoms with Crippen LogP contribution < -0.4 is 4.74 Å². The minimum Gasteiger partial charge on any atom is -0.497 e. The smallest absolute Gasteiger partial charge is 0.119 e. The molecular formula is C15H22BrNO. The van der Waals surface area contributed by atoms with E-state index in [1.807, 2.05) is 6.07 Å². The first-order chi connectivity index (χ1) is 8.83. The van der Waals surface area contributed by atoms with E-state index in [1.165, 1.54) is 31.2 Å². The second-order valence-corrected chi connectivity index (χ2v) is 5.74. The molecule has 0 aromatic heterocycles. The van der Waals surface area contributed by atoms with Gasteiger partial charge in [0.1, 0.15) is 5.75 Å². The number of methoxy groups -OCH3 is 1. The van der Waals surface area contributed by atoms with Gasteiger partial charge in [0.15, 0.2) is 0 Å². The van der Waals surface area contributed by atoms with E-state index in [9.17, 15) is 0 Å². The van der Waals surface area contributed by atoms with Crippen LogP contribution in [0.3, 0.4) is 0 Å². The quantitative estimate of drug-likeness (QED) is 0.740. The zero-order valence-electron chi connectivity index (χ0n) is 11.1. The van der Waals surface area contributed by atoms with Crippen LogP contribution in [-0.2, 0) is 6.54 Å². The van der Waals surface area contributed by atoms with E-state index in [2.05, 4.69) is 39.0 Å². The Morgan fingerprint density at radius 2 is 2.11 bits per heavy atom. The predicted octanol–water partition coefficient (Wildman–Crippen LogP) is 3.83. The van der Waals surface area contributed by atoms with Gasteiger partial charge < -0.3 is 4.74 Å². The molecule has 0 unspecified atom stereocenters. The van der Waals surface area contributed by atoms with Crippen LogP contribution in [0.15, 0.2) is 24.3 Å². The third kappa shape index (κ3) is 3.72. The lowest BCUT2D eigenvalue weighted by molar-refractivity contribution is 0.202. The van der Waals surface area contributed by atoms with Crippen molar-refractivity contribution in [3.8, 4) is 5.75 Å². The van der Waals surface area contributed by atoms with Gasteiger partial charge in [0.2, 0.25) is 0 Å². The maximum absolute atomic E-state index is 5.29. The van der Waals surface area contributed by atoms with Crippen molar-refractivity contribution < 1.29 is 4.74 Å². The standard InChI is InChI=1S/C15H22BrNO/c1-18-15-8-4-5-13(11-15)12-17(10-9-16)14-6-2-3-7-14/h4-5,8,11,14H,2-3,6-7,9-10,12H2,1H3. The third-order valence-corrected chi connectivity index (χ3v) is 4.09. The van der Waals surface area contributed by atoms with Crippen molar-refractivity contribution in [3.63, 3.8) is 0 Å². The molecule has 0 aliphatic heterocycles. The van der Waals surface area contributed by atoms with Crippen LogP contribution in [0, 0.1) is 0 Å². The summed E-state index contributed by atoms with van der Waals surface area (Å²) in [5.74, 6) is 0.956. The number of alkyl halides is 1. The highest BCUT2D eigenvalue weighted by Crippen LogP contribution is 2.25. The summed E-state index contributed by atoms with van der Waals surface area (Å²) in [5.41, 5.74) is 1.35. The van der Waals surface area contributed by atoms with Gasteiger partial charge in [-0.05, 0) is 30.5 Å². The number of halogens is 1. The zero-order chi connectivity index (χ0) is 12.8. The molecule has 0 radical (unpaired) electrons. The number of nitrogens with zero attached hydrogens (tertiary/aromatic N) is 1. The minimum absolute atomic E-state index is 0.772. The molecule has 0 heterocycles. The Kier molecular flexibility index (Phi) is 5.51. The van der Waals surface area contributed by atoms with Crippen LogP contribution in [0.25, 0.3) is 0 Å². The molecule has 1 saturated carbocycles. The number of hydrogen-bond donors (Lipinski definition) is 0. The predicted molar refractivity (Wildman–Crippen MR) is 79.5 cm³/mol. The van der Waals surface area contributed by atoms with E-state index < -0.39 is 0 Å². The molecular weight excluding hydrogens is 290 g/mol. The van der Waals surface area contributed by atoms with Crippen molar-refractivity contribution in [2.24, 2.45) is 0 Å². The van der Waals surface area contributed by atoms with Crippen molar-refractivity contribution in [2.45, 2.75) is 38.3 Å². The van der Waals surface area contributed by atoms with Crippen molar-refractivity contribution in [2.75, 3.05) is 19.0 Å². The molecule has 0 spiro atoms. The van der Waals surface area contributed by atoms with E-state index in [0.29, 0.717) is 0 Å². The first kappa shape index (κ1) is 13.9. The Hall–Kier alpha value is -0.540. The fraction of sp³-hybridized carbons (Fsp3) is 0.600. The summed E-state index contributed by atoms with van der Waals surface area (Å²) >= 11 is 3.57. The molecule has 0 bridgehead atoms. The lowest BCUT2D eigenvalue weighted by Gasteiger charge is -2.28. The van der Waals surface area contributed by atoms with E-state index in [1.54, 1.807) is 7.11 Å². The molecule has 0 amide bonds. The topological polar surface area (TPSA) is 12.5 Å². The lowest BCUT2D eigenvalue weighted by Crippen LogP contribution is -2.34. The summed E-state index contributed by atoms with van der Waals surface area (Å²) in [6.45, 7) is 2.16. The Labute approximate surface area is 118 Å². The Balaban J connectivity index is 2.02. The van der Waals surface area contributed by atoms with Gasteiger partial charge in [0.25, 0.3) is 0 Å². The lowest BCUT2D eigenvalue weighted by atomic mass is 10.1. The molecule has 0 saturated heterocycles.